The SMILES string of the molecule is COc1ccc(/C=N\NC(=O)CN(c2cc(C)cc(C)c2)S(=O)(=O)c2ccc(OC)c(OC)c2)cc1OC. The maximum Gasteiger partial charge on any atom is 0.264 e. The molecule has 3 aromatic rings. The van der Waals surface area contributed by atoms with Gasteiger partial charge in [-0.2, -0.15) is 5.10 Å². The average Bonchev–Trinajstić information content (AvgIpc) is 2.90. The van der Waals surface area contributed by atoms with Crippen LogP contribution in [0.3, 0.4) is 0 Å². The van der Waals surface area contributed by atoms with E-state index in [4.69, 9.17) is 18.9 Å². The molecule has 0 aliphatic heterocycles. The number of nitrogens with zero attached hydrogens (tertiary/aromatic N) is 2. The number of anilines is 1. The van der Waals surface area contributed by atoms with E-state index in [1.165, 1.54) is 52.9 Å². The van der Waals surface area contributed by atoms with Crippen molar-refractivity contribution in [3.8, 4) is 23.0 Å². The Bertz CT molecular complexity index is 1420. The van der Waals surface area contributed by atoms with Crippen molar-refractivity contribution in [1.29, 1.82) is 0 Å². The summed E-state index contributed by atoms with van der Waals surface area (Å²) < 4.78 is 49.6. The van der Waals surface area contributed by atoms with E-state index in [-0.39, 0.29) is 10.6 Å². The summed E-state index contributed by atoms with van der Waals surface area (Å²) in [4.78, 5) is 12.8. The molecule has 0 aliphatic rings. The number of hydrazone groups is 1. The van der Waals surface area contributed by atoms with Gasteiger partial charge in [0.05, 0.1) is 45.2 Å². The van der Waals surface area contributed by atoms with Crippen molar-refractivity contribution in [2.45, 2.75) is 18.7 Å². The van der Waals surface area contributed by atoms with Crippen LogP contribution < -0.4 is 28.7 Å². The zero-order chi connectivity index (χ0) is 27.9. The van der Waals surface area contributed by atoms with Gasteiger partial charge in [-0.1, -0.05) is 6.07 Å². The van der Waals surface area contributed by atoms with E-state index >= 15 is 0 Å². The maximum absolute atomic E-state index is 13.8. The molecular formula is C27H31N3O7S. The van der Waals surface area contributed by atoms with Crippen LogP contribution in [-0.4, -0.2) is 55.5 Å². The highest BCUT2D eigenvalue weighted by atomic mass is 32.2. The highest BCUT2D eigenvalue weighted by molar-refractivity contribution is 7.92. The third kappa shape index (κ3) is 6.54. The van der Waals surface area contributed by atoms with Gasteiger partial charge in [0.1, 0.15) is 6.54 Å². The fourth-order valence-electron chi connectivity index (χ4n) is 3.79. The number of hydrogen-bond acceptors (Lipinski definition) is 8. The third-order valence-electron chi connectivity index (χ3n) is 5.54. The van der Waals surface area contributed by atoms with E-state index < -0.39 is 22.5 Å². The van der Waals surface area contributed by atoms with Crippen LogP contribution in [0, 0.1) is 13.8 Å². The van der Waals surface area contributed by atoms with Gasteiger partial charge >= 0.3 is 0 Å². The zero-order valence-electron chi connectivity index (χ0n) is 22.1. The summed E-state index contributed by atoms with van der Waals surface area (Å²) in [6.45, 7) is 3.19. The minimum Gasteiger partial charge on any atom is -0.493 e. The topological polar surface area (TPSA) is 116 Å². The lowest BCUT2D eigenvalue weighted by Crippen LogP contribution is -2.39. The molecule has 3 aromatic carbocycles. The molecular weight excluding hydrogens is 510 g/mol. The third-order valence-corrected chi connectivity index (χ3v) is 7.30. The minimum atomic E-state index is -4.18. The zero-order valence-corrected chi connectivity index (χ0v) is 23.0. The number of ether oxygens (including phenoxy) is 4. The number of rotatable bonds is 11. The molecule has 1 amide bonds. The molecule has 0 aliphatic carbocycles. The van der Waals surface area contributed by atoms with Gasteiger partial charge < -0.3 is 18.9 Å². The van der Waals surface area contributed by atoms with Gasteiger partial charge in [0.15, 0.2) is 23.0 Å². The molecule has 0 radical (unpaired) electrons. The molecule has 0 heterocycles. The number of nitrogens with one attached hydrogen (secondary N) is 1. The largest absolute Gasteiger partial charge is 0.493 e. The standard InChI is InChI=1S/C27H31N3O7S/c1-18-11-19(2)13-21(12-18)30(38(32,33)22-8-10-24(35-4)26(15-22)37-6)17-27(31)29-28-16-20-7-9-23(34-3)25(14-20)36-5/h7-16H,17H2,1-6H3,(H,29,31)/b28-16-. The summed E-state index contributed by atoms with van der Waals surface area (Å²) >= 11 is 0. The number of methoxy groups -OCH3 is 4. The quantitative estimate of drug-likeness (QED) is 0.291. The van der Waals surface area contributed by atoms with E-state index in [1.807, 2.05) is 19.9 Å². The van der Waals surface area contributed by atoms with Crippen molar-refractivity contribution in [2.75, 3.05) is 39.3 Å². The van der Waals surface area contributed by atoms with Crippen LogP contribution >= 0.6 is 0 Å². The molecule has 202 valence electrons. The Morgan fingerprint density at radius 3 is 1.95 bits per heavy atom. The van der Waals surface area contributed by atoms with Gasteiger partial charge in [-0.3, -0.25) is 9.10 Å². The van der Waals surface area contributed by atoms with Gasteiger partial charge in [-0.05, 0) is 73.0 Å². The number of carbonyl (C=O) groups is 1. The first-order chi connectivity index (χ1) is 18.1. The summed E-state index contributed by atoms with van der Waals surface area (Å²) in [5.74, 6) is 1.05. The monoisotopic (exact) mass is 541 g/mol. The lowest BCUT2D eigenvalue weighted by atomic mass is 10.1. The second kappa shape index (κ2) is 12.3. The van der Waals surface area contributed by atoms with Crippen molar-refractivity contribution in [3.05, 3.63) is 71.3 Å². The Hall–Kier alpha value is -4.25. The molecule has 38 heavy (non-hydrogen) atoms. The van der Waals surface area contributed by atoms with Gasteiger partial charge in [-0.25, -0.2) is 13.8 Å². The first kappa shape index (κ1) is 28.3. The second-order valence-corrected chi connectivity index (χ2v) is 10.1. The fraction of sp³-hybridized carbons (Fsp3) is 0.259. The Labute approximate surface area is 222 Å². The lowest BCUT2D eigenvalue weighted by Gasteiger charge is -2.25. The van der Waals surface area contributed by atoms with Gasteiger partial charge in [0.2, 0.25) is 0 Å². The first-order valence-corrected chi connectivity index (χ1v) is 12.9. The van der Waals surface area contributed by atoms with Crippen LogP contribution in [-0.2, 0) is 14.8 Å². The summed E-state index contributed by atoms with van der Waals surface area (Å²) in [5, 5.41) is 3.98. The second-order valence-electron chi connectivity index (χ2n) is 8.28. The Morgan fingerprint density at radius 1 is 0.816 bits per heavy atom. The van der Waals surface area contributed by atoms with Crippen molar-refractivity contribution in [1.82, 2.24) is 5.43 Å². The van der Waals surface area contributed by atoms with E-state index in [0.29, 0.717) is 28.5 Å². The highest BCUT2D eigenvalue weighted by Gasteiger charge is 2.28. The van der Waals surface area contributed by atoms with Gasteiger partial charge in [-0.15, -0.1) is 0 Å². The summed E-state index contributed by atoms with van der Waals surface area (Å²) in [5.41, 5.74) is 5.08. The number of carbonyl (C=O) groups excluding carboxylic acids is 1. The van der Waals surface area contributed by atoms with Crippen molar-refractivity contribution in [2.24, 2.45) is 5.10 Å². The van der Waals surface area contributed by atoms with Crippen LogP contribution in [0.15, 0.2) is 64.6 Å². The van der Waals surface area contributed by atoms with E-state index in [2.05, 4.69) is 10.5 Å². The van der Waals surface area contributed by atoms with E-state index in [0.717, 1.165) is 15.4 Å². The lowest BCUT2D eigenvalue weighted by molar-refractivity contribution is -0.119. The molecule has 0 saturated carbocycles. The highest BCUT2D eigenvalue weighted by Crippen LogP contribution is 2.32. The molecule has 0 atom stereocenters. The number of amides is 1. The molecule has 3 rings (SSSR count). The molecule has 10 nitrogen and oxygen atoms in total. The summed E-state index contributed by atoms with van der Waals surface area (Å²) in [7, 11) is 1.74. The Balaban J connectivity index is 1.91. The van der Waals surface area contributed by atoms with Crippen LogP contribution in [0.2, 0.25) is 0 Å². The molecule has 0 fully saturated rings. The number of hydrogen-bond donors (Lipinski definition) is 1. The molecule has 0 unspecified atom stereocenters. The molecule has 1 N–H and O–H groups in total. The summed E-state index contributed by atoms with van der Waals surface area (Å²) in [6.07, 6.45) is 1.42. The van der Waals surface area contributed by atoms with Crippen molar-refractivity contribution >= 4 is 27.8 Å². The molecule has 0 saturated heterocycles. The molecule has 0 bridgehead atoms. The van der Waals surface area contributed by atoms with E-state index in [9.17, 15) is 13.2 Å². The maximum atomic E-state index is 13.8. The van der Waals surface area contributed by atoms with Crippen LogP contribution in [0.4, 0.5) is 5.69 Å². The molecule has 11 heteroatoms. The molecule has 0 aromatic heterocycles. The van der Waals surface area contributed by atoms with Crippen LogP contribution in [0.5, 0.6) is 23.0 Å². The Morgan fingerprint density at radius 2 is 1.37 bits per heavy atom. The number of benzene rings is 3. The van der Waals surface area contributed by atoms with E-state index in [1.54, 1.807) is 30.3 Å². The van der Waals surface area contributed by atoms with Crippen molar-refractivity contribution < 1.29 is 32.2 Å². The average molecular weight is 542 g/mol. The summed E-state index contributed by atoms with van der Waals surface area (Å²) in [6, 6.07) is 14.7. The smallest absolute Gasteiger partial charge is 0.264 e. The number of aryl methyl sites for hydroxylation is 2. The Kier molecular flexibility index (Phi) is 9.19. The normalized spacial score (nSPS) is 11.2. The van der Waals surface area contributed by atoms with Crippen LogP contribution in [0.1, 0.15) is 16.7 Å². The predicted molar refractivity (Wildman–Crippen MR) is 145 cm³/mol. The van der Waals surface area contributed by atoms with Crippen molar-refractivity contribution in [3.63, 3.8) is 0 Å². The van der Waals surface area contributed by atoms with Gasteiger partial charge in [0, 0.05) is 6.07 Å². The first-order valence-electron chi connectivity index (χ1n) is 11.5. The minimum absolute atomic E-state index is 0.0593. The van der Waals surface area contributed by atoms with Gasteiger partial charge in [0.25, 0.3) is 15.9 Å². The van der Waals surface area contributed by atoms with Crippen LogP contribution in [0.25, 0.3) is 0 Å². The molecule has 0 spiro atoms. The predicted octanol–water partition coefficient (Wildman–Crippen LogP) is 3.68. The fourth-order valence-corrected chi connectivity index (χ4v) is 5.21. The number of sulfonamides is 1.